The number of nitrogens with one attached hydrogen (secondary N) is 1. The van der Waals surface area contributed by atoms with Crippen molar-refractivity contribution in [2.24, 2.45) is 16.6 Å². The van der Waals surface area contributed by atoms with Gasteiger partial charge in [0.2, 0.25) is 10.0 Å². The van der Waals surface area contributed by atoms with Crippen LogP contribution in [-0.2, 0) is 16.6 Å². The van der Waals surface area contributed by atoms with Crippen molar-refractivity contribution in [2.75, 3.05) is 0 Å². The Kier molecular flexibility index (Phi) is 3.76. The first-order valence-electron chi connectivity index (χ1n) is 7.27. The fourth-order valence-electron chi connectivity index (χ4n) is 3.01. The molecule has 0 bridgehead atoms. The number of sulfonamides is 1. The highest BCUT2D eigenvalue weighted by atomic mass is 32.2. The molecule has 2 rings (SSSR count). The minimum Gasteiger partial charge on any atom is -0.326 e. The van der Waals surface area contributed by atoms with Gasteiger partial charge in [0, 0.05) is 12.6 Å². The molecule has 0 radical (unpaired) electrons. The summed E-state index contributed by atoms with van der Waals surface area (Å²) in [5.74, 6) is 0. The zero-order valence-corrected chi connectivity index (χ0v) is 14.6. The molecule has 1 aromatic carbocycles. The Bertz CT molecular complexity index is 662. The van der Waals surface area contributed by atoms with Crippen molar-refractivity contribution in [1.82, 2.24) is 4.72 Å². The summed E-state index contributed by atoms with van der Waals surface area (Å²) in [5, 5.41) is 0. The SMILES string of the molecule is Cc1cc(CN)cc(S(=O)(=O)NC2C(C)(C)C2(C)C)c1C. The van der Waals surface area contributed by atoms with Gasteiger partial charge in [0.25, 0.3) is 0 Å². The summed E-state index contributed by atoms with van der Waals surface area (Å²) >= 11 is 0. The van der Waals surface area contributed by atoms with Crippen molar-refractivity contribution < 1.29 is 8.42 Å². The molecule has 1 aliphatic rings. The zero-order chi connectivity index (χ0) is 16.2. The van der Waals surface area contributed by atoms with Crippen molar-refractivity contribution in [3.63, 3.8) is 0 Å². The van der Waals surface area contributed by atoms with Gasteiger partial charge in [0.15, 0.2) is 0 Å². The van der Waals surface area contributed by atoms with Crippen LogP contribution in [0.15, 0.2) is 17.0 Å². The van der Waals surface area contributed by atoms with Crippen LogP contribution >= 0.6 is 0 Å². The van der Waals surface area contributed by atoms with Crippen LogP contribution in [0.4, 0.5) is 0 Å². The summed E-state index contributed by atoms with van der Waals surface area (Å²) in [6, 6.07) is 3.59. The highest BCUT2D eigenvalue weighted by Gasteiger charge is 2.66. The van der Waals surface area contributed by atoms with Gasteiger partial charge in [0.1, 0.15) is 0 Å². The van der Waals surface area contributed by atoms with E-state index >= 15 is 0 Å². The van der Waals surface area contributed by atoms with Crippen molar-refractivity contribution >= 4 is 10.0 Å². The molecule has 1 aliphatic carbocycles. The Morgan fingerprint density at radius 3 is 2.10 bits per heavy atom. The number of rotatable bonds is 4. The van der Waals surface area contributed by atoms with Crippen LogP contribution in [0.3, 0.4) is 0 Å². The van der Waals surface area contributed by atoms with E-state index in [1.165, 1.54) is 0 Å². The molecule has 0 spiro atoms. The van der Waals surface area contributed by atoms with E-state index in [1.807, 2.05) is 19.9 Å². The molecule has 0 saturated heterocycles. The van der Waals surface area contributed by atoms with E-state index in [1.54, 1.807) is 6.07 Å². The predicted octanol–water partition coefficient (Wildman–Crippen LogP) is 2.48. The van der Waals surface area contributed by atoms with Crippen LogP contribution in [0.2, 0.25) is 0 Å². The Balaban J connectivity index is 2.40. The quantitative estimate of drug-likeness (QED) is 0.897. The van der Waals surface area contributed by atoms with Gasteiger partial charge in [-0.05, 0) is 47.4 Å². The highest BCUT2D eigenvalue weighted by molar-refractivity contribution is 7.89. The second kappa shape index (κ2) is 4.80. The topological polar surface area (TPSA) is 72.2 Å². The Morgan fingerprint density at radius 1 is 1.14 bits per heavy atom. The van der Waals surface area contributed by atoms with Crippen LogP contribution in [0.25, 0.3) is 0 Å². The molecule has 0 unspecified atom stereocenters. The van der Waals surface area contributed by atoms with E-state index in [0.29, 0.717) is 11.4 Å². The van der Waals surface area contributed by atoms with E-state index in [-0.39, 0.29) is 16.9 Å². The summed E-state index contributed by atoms with van der Waals surface area (Å²) in [5.41, 5.74) is 8.18. The van der Waals surface area contributed by atoms with Crippen LogP contribution < -0.4 is 10.5 Å². The summed E-state index contributed by atoms with van der Waals surface area (Å²) < 4.78 is 28.4. The smallest absolute Gasteiger partial charge is 0.241 e. The lowest BCUT2D eigenvalue weighted by Crippen LogP contribution is -2.30. The van der Waals surface area contributed by atoms with Gasteiger partial charge in [0.05, 0.1) is 4.90 Å². The average molecular weight is 310 g/mol. The molecule has 0 aliphatic heterocycles. The summed E-state index contributed by atoms with van der Waals surface area (Å²) in [7, 11) is -3.53. The molecular formula is C16H26N2O2S. The molecule has 1 fully saturated rings. The van der Waals surface area contributed by atoms with Gasteiger partial charge in [-0.3, -0.25) is 0 Å². The third kappa shape index (κ3) is 2.51. The first-order chi connectivity index (χ1) is 9.45. The van der Waals surface area contributed by atoms with Gasteiger partial charge in [-0.15, -0.1) is 0 Å². The van der Waals surface area contributed by atoms with Crippen molar-refractivity contribution in [3.8, 4) is 0 Å². The predicted molar refractivity (Wildman–Crippen MR) is 85.5 cm³/mol. The fourth-order valence-corrected chi connectivity index (χ4v) is 4.90. The molecule has 0 heterocycles. The summed E-state index contributed by atoms with van der Waals surface area (Å²) in [4.78, 5) is 0.349. The molecule has 1 aromatic rings. The molecular weight excluding hydrogens is 284 g/mol. The normalized spacial score (nSPS) is 20.5. The number of benzene rings is 1. The van der Waals surface area contributed by atoms with E-state index < -0.39 is 10.0 Å². The van der Waals surface area contributed by atoms with E-state index in [0.717, 1.165) is 16.7 Å². The highest BCUT2D eigenvalue weighted by Crippen LogP contribution is 2.63. The molecule has 1 saturated carbocycles. The fraction of sp³-hybridized carbons (Fsp3) is 0.625. The largest absolute Gasteiger partial charge is 0.326 e. The van der Waals surface area contributed by atoms with Gasteiger partial charge in [-0.25, -0.2) is 13.1 Å². The molecule has 0 amide bonds. The molecule has 3 N–H and O–H groups in total. The van der Waals surface area contributed by atoms with E-state index in [2.05, 4.69) is 32.4 Å². The number of hydrogen-bond donors (Lipinski definition) is 2. The Morgan fingerprint density at radius 2 is 1.67 bits per heavy atom. The number of nitrogens with two attached hydrogens (primary N) is 1. The van der Waals surface area contributed by atoms with Crippen molar-refractivity contribution in [1.29, 1.82) is 0 Å². The average Bonchev–Trinajstić information content (AvgIpc) is 2.74. The first kappa shape index (κ1) is 16.5. The van der Waals surface area contributed by atoms with Crippen LogP contribution in [0, 0.1) is 24.7 Å². The molecule has 21 heavy (non-hydrogen) atoms. The molecule has 118 valence electrons. The van der Waals surface area contributed by atoms with E-state index in [9.17, 15) is 8.42 Å². The zero-order valence-electron chi connectivity index (χ0n) is 13.7. The third-order valence-corrected chi connectivity index (χ3v) is 7.05. The first-order valence-corrected chi connectivity index (χ1v) is 8.76. The van der Waals surface area contributed by atoms with E-state index in [4.69, 9.17) is 5.73 Å². The maximum atomic E-state index is 12.7. The summed E-state index contributed by atoms with van der Waals surface area (Å²) in [6.45, 7) is 12.5. The lowest BCUT2D eigenvalue weighted by Gasteiger charge is -2.14. The maximum absolute atomic E-state index is 12.7. The minimum atomic E-state index is -3.53. The van der Waals surface area contributed by atoms with Gasteiger partial charge >= 0.3 is 0 Å². The van der Waals surface area contributed by atoms with Gasteiger partial charge < -0.3 is 5.73 Å². The molecule has 4 nitrogen and oxygen atoms in total. The lowest BCUT2D eigenvalue weighted by molar-refractivity contribution is 0.457. The molecule has 0 aromatic heterocycles. The van der Waals surface area contributed by atoms with Crippen molar-refractivity contribution in [3.05, 3.63) is 28.8 Å². The maximum Gasteiger partial charge on any atom is 0.241 e. The monoisotopic (exact) mass is 310 g/mol. The Hall–Kier alpha value is -0.910. The van der Waals surface area contributed by atoms with Crippen LogP contribution in [0.5, 0.6) is 0 Å². The number of hydrogen-bond acceptors (Lipinski definition) is 3. The minimum absolute atomic E-state index is 0.0332. The molecule has 5 heteroatoms. The third-order valence-electron chi connectivity index (χ3n) is 5.50. The van der Waals surface area contributed by atoms with Crippen LogP contribution in [0.1, 0.15) is 44.4 Å². The van der Waals surface area contributed by atoms with Gasteiger partial charge in [-0.1, -0.05) is 33.8 Å². The Labute approximate surface area is 128 Å². The second-order valence-corrected chi connectivity index (χ2v) is 8.92. The van der Waals surface area contributed by atoms with Gasteiger partial charge in [-0.2, -0.15) is 0 Å². The second-order valence-electron chi connectivity index (χ2n) is 7.24. The van der Waals surface area contributed by atoms with Crippen LogP contribution in [-0.4, -0.2) is 14.5 Å². The number of aryl methyl sites for hydroxylation is 1. The molecule has 0 atom stereocenters. The summed E-state index contributed by atoms with van der Waals surface area (Å²) in [6.07, 6.45) is 0. The van der Waals surface area contributed by atoms with Crippen molar-refractivity contribution in [2.45, 2.75) is 59.0 Å². The lowest BCUT2D eigenvalue weighted by atomic mass is 10.0. The standard InChI is InChI=1S/C16H26N2O2S/c1-10-7-12(9-17)8-13(11(10)2)21(19,20)18-14-15(3,4)16(14,5)6/h7-8,14,18H,9,17H2,1-6H3.